The van der Waals surface area contributed by atoms with Crippen LogP contribution in [0.2, 0.25) is 0 Å². The zero-order chi connectivity index (χ0) is 16.2. The molecule has 1 aromatic heterocycles. The van der Waals surface area contributed by atoms with Crippen LogP contribution in [0.1, 0.15) is 16.0 Å². The Kier molecular flexibility index (Phi) is 5.11. The minimum absolute atomic E-state index is 0.319. The molecule has 2 rings (SSSR count). The highest BCUT2D eigenvalue weighted by Crippen LogP contribution is 2.31. The quantitative estimate of drug-likeness (QED) is 0.809. The Hall–Kier alpha value is -1.98. The summed E-state index contributed by atoms with van der Waals surface area (Å²) in [6.45, 7) is 0. The number of nitrogens with zero attached hydrogens (tertiary/aromatic N) is 2. The Labute approximate surface area is 133 Å². The predicted octanol–water partition coefficient (Wildman–Crippen LogP) is 4.84. The fourth-order valence-electron chi connectivity index (χ4n) is 1.64. The van der Waals surface area contributed by atoms with Gasteiger partial charge in [0.1, 0.15) is 16.7 Å². The van der Waals surface area contributed by atoms with E-state index < -0.39 is 11.7 Å². The van der Waals surface area contributed by atoms with Gasteiger partial charge in [0, 0.05) is 11.9 Å². The number of hydrogen-bond donors (Lipinski definition) is 1. The standard InChI is InChI=1S/C14H10F3N3S2/c1-21-13-11(8-18)12(22-20-13)5-6-19-10-4-2-3-9(7-10)14(15,16)17/h2-7,19H,1H3. The minimum Gasteiger partial charge on any atom is -0.362 e. The zero-order valence-corrected chi connectivity index (χ0v) is 12.9. The molecule has 1 aromatic carbocycles. The second-order valence-electron chi connectivity index (χ2n) is 4.10. The van der Waals surface area contributed by atoms with E-state index in [1.54, 1.807) is 6.08 Å². The summed E-state index contributed by atoms with van der Waals surface area (Å²) in [5, 5.41) is 12.5. The van der Waals surface area contributed by atoms with E-state index in [9.17, 15) is 13.2 Å². The number of alkyl halides is 3. The smallest absolute Gasteiger partial charge is 0.362 e. The molecule has 0 aliphatic rings. The molecule has 3 nitrogen and oxygen atoms in total. The number of aromatic nitrogens is 1. The number of halogens is 3. The van der Waals surface area contributed by atoms with Gasteiger partial charge < -0.3 is 5.32 Å². The van der Waals surface area contributed by atoms with E-state index in [0.29, 0.717) is 21.2 Å². The molecule has 0 aliphatic heterocycles. The van der Waals surface area contributed by atoms with E-state index >= 15 is 0 Å². The lowest BCUT2D eigenvalue weighted by molar-refractivity contribution is -0.137. The number of nitriles is 1. The summed E-state index contributed by atoms with van der Waals surface area (Å²) < 4.78 is 41.9. The molecule has 114 valence electrons. The van der Waals surface area contributed by atoms with Gasteiger partial charge in [-0.3, -0.25) is 0 Å². The number of anilines is 1. The third kappa shape index (κ3) is 3.81. The number of nitrogens with one attached hydrogen (secondary N) is 1. The average Bonchev–Trinajstić information content (AvgIpc) is 2.88. The summed E-state index contributed by atoms with van der Waals surface area (Å²) in [6.07, 6.45) is 0.564. The van der Waals surface area contributed by atoms with Gasteiger partial charge >= 0.3 is 6.18 Å². The highest BCUT2D eigenvalue weighted by atomic mass is 32.2. The van der Waals surface area contributed by atoms with Crippen LogP contribution in [-0.4, -0.2) is 10.6 Å². The van der Waals surface area contributed by atoms with Crippen molar-refractivity contribution in [3.8, 4) is 6.07 Å². The first-order valence-electron chi connectivity index (χ1n) is 6.00. The fraction of sp³-hybridized carbons (Fsp3) is 0.143. The van der Waals surface area contributed by atoms with Crippen LogP contribution in [0.5, 0.6) is 0 Å². The van der Waals surface area contributed by atoms with Gasteiger partial charge in [-0.25, -0.2) is 0 Å². The zero-order valence-electron chi connectivity index (χ0n) is 11.3. The summed E-state index contributed by atoms with van der Waals surface area (Å²) in [7, 11) is 0. The minimum atomic E-state index is -4.37. The Morgan fingerprint density at radius 3 is 2.82 bits per heavy atom. The maximum absolute atomic E-state index is 12.6. The topological polar surface area (TPSA) is 48.7 Å². The van der Waals surface area contributed by atoms with Gasteiger partial charge in [0.05, 0.1) is 10.4 Å². The Balaban J connectivity index is 2.14. The van der Waals surface area contributed by atoms with Gasteiger partial charge in [0.2, 0.25) is 0 Å². The first kappa shape index (κ1) is 16.4. The van der Waals surface area contributed by atoms with Gasteiger partial charge in [-0.2, -0.15) is 22.8 Å². The van der Waals surface area contributed by atoms with E-state index in [1.807, 2.05) is 6.26 Å². The molecule has 0 unspecified atom stereocenters. The molecule has 0 saturated carbocycles. The van der Waals surface area contributed by atoms with E-state index in [2.05, 4.69) is 15.8 Å². The summed E-state index contributed by atoms with van der Waals surface area (Å²) in [5.41, 5.74) is 0.0739. The summed E-state index contributed by atoms with van der Waals surface area (Å²) >= 11 is 2.54. The van der Waals surface area contributed by atoms with Crippen molar-refractivity contribution < 1.29 is 13.2 Å². The van der Waals surface area contributed by atoms with E-state index in [4.69, 9.17) is 5.26 Å². The van der Waals surface area contributed by atoms with E-state index in [0.717, 1.165) is 12.1 Å². The number of hydrogen-bond acceptors (Lipinski definition) is 5. The highest BCUT2D eigenvalue weighted by Gasteiger charge is 2.30. The first-order chi connectivity index (χ1) is 10.5. The van der Waals surface area contributed by atoms with Crippen LogP contribution in [0.15, 0.2) is 35.5 Å². The van der Waals surface area contributed by atoms with Crippen molar-refractivity contribution in [3.63, 3.8) is 0 Å². The molecule has 2 aromatic rings. The largest absolute Gasteiger partial charge is 0.416 e. The Morgan fingerprint density at radius 1 is 1.41 bits per heavy atom. The second-order valence-corrected chi connectivity index (χ2v) is 5.70. The molecule has 0 fully saturated rings. The molecule has 0 aliphatic carbocycles. The lowest BCUT2D eigenvalue weighted by atomic mass is 10.2. The molecule has 0 amide bonds. The molecule has 0 radical (unpaired) electrons. The number of benzene rings is 1. The third-order valence-electron chi connectivity index (χ3n) is 2.67. The van der Waals surface area contributed by atoms with Crippen molar-refractivity contribution in [1.29, 1.82) is 5.26 Å². The van der Waals surface area contributed by atoms with Crippen LogP contribution >= 0.6 is 23.3 Å². The maximum Gasteiger partial charge on any atom is 0.416 e. The summed E-state index contributed by atoms with van der Waals surface area (Å²) in [5.74, 6) is 0. The first-order valence-corrected chi connectivity index (χ1v) is 7.99. The van der Waals surface area contributed by atoms with Crippen LogP contribution in [-0.2, 0) is 6.18 Å². The molecule has 0 atom stereocenters. The maximum atomic E-state index is 12.6. The van der Waals surface area contributed by atoms with Crippen LogP contribution in [0, 0.1) is 11.3 Å². The van der Waals surface area contributed by atoms with Crippen LogP contribution in [0.4, 0.5) is 18.9 Å². The lowest BCUT2D eigenvalue weighted by Crippen LogP contribution is -2.04. The molecule has 0 bridgehead atoms. The molecule has 1 heterocycles. The van der Waals surface area contributed by atoms with Gasteiger partial charge in [0.15, 0.2) is 0 Å². The molecule has 22 heavy (non-hydrogen) atoms. The third-order valence-corrected chi connectivity index (χ3v) is 4.28. The second kappa shape index (κ2) is 6.85. The van der Waals surface area contributed by atoms with Crippen molar-refractivity contribution >= 4 is 35.1 Å². The van der Waals surface area contributed by atoms with Crippen molar-refractivity contribution in [1.82, 2.24) is 4.37 Å². The molecule has 8 heteroatoms. The normalized spacial score (nSPS) is 11.6. The number of thioether (sulfide) groups is 1. The van der Waals surface area contributed by atoms with Gasteiger partial charge in [-0.1, -0.05) is 6.07 Å². The van der Waals surface area contributed by atoms with Crippen LogP contribution in [0.25, 0.3) is 6.08 Å². The SMILES string of the molecule is CSc1nsc(C=CNc2cccc(C(F)(F)F)c2)c1C#N. The van der Waals surface area contributed by atoms with Crippen molar-refractivity contribution in [2.75, 3.05) is 11.6 Å². The van der Waals surface area contributed by atoms with Crippen LogP contribution < -0.4 is 5.32 Å². The van der Waals surface area contributed by atoms with E-state index in [-0.39, 0.29) is 0 Å². The van der Waals surface area contributed by atoms with Crippen molar-refractivity contribution in [3.05, 3.63) is 46.5 Å². The molecular weight excluding hydrogens is 331 g/mol. The van der Waals surface area contributed by atoms with Crippen molar-refractivity contribution in [2.45, 2.75) is 11.2 Å². The molecule has 0 saturated heterocycles. The van der Waals surface area contributed by atoms with Gasteiger partial charge in [-0.15, -0.1) is 11.8 Å². The molecule has 0 spiro atoms. The van der Waals surface area contributed by atoms with E-state index in [1.165, 1.54) is 41.6 Å². The van der Waals surface area contributed by atoms with Gasteiger partial charge in [0.25, 0.3) is 0 Å². The Bertz CT molecular complexity index is 730. The van der Waals surface area contributed by atoms with Crippen molar-refractivity contribution in [2.24, 2.45) is 0 Å². The monoisotopic (exact) mass is 341 g/mol. The average molecular weight is 341 g/mol. The Morgan fingerprint density at radius 2 is 2.18 bits per heavy atom. The summed E-state index contributed by atoms with van der Waals surface area (Å²) in [4.78, 5) is 0.659. The summed E-state index contributed by atoms with van der Waals surface area (Å²) in [6, 6.07) is 6.97. The van der Waals surface area contributed by atoms with Crippen LogP contribution in [0.3, 0.4) is 0 Å². The van der Waals surface area contributed by atoms with Gasteiger partial charge in [-0.05, 0) is 42.1 Å². The highest BCUT2D eigenvalue weighted by molar-refractivity contribution is 7.98. The fourth-order valence-corrected chi connectivity index (χ4v) is 3.11. The number of rotatable bonds is 4. The molecule has 1 N–H and O–H groups in total. The predicted molar refractivity (Wildman–Crippen MR) is 82.7 cm³/mol. The molecular formula is C14H10F3N3S2. The lowest BCUT2D eigenvalue weighted by Gasteiger charge is -2.08.